The van der Waals surface area contributed by atoms with Gasteiger partial charge in [0.25, 0.3) is 0 Å². The first kappa shape index (κ1) is 15.7. The number of rotatable bonds is 6. The molecule has 0 aromatic carbocycles. The first-order valence-electron chi connectivity index (χ1n) is 7.80. The molecule has 5 nitrogen and oxygen atoms in total. The van der Waals surface area contributed by atoms with Crippen molar-refractivity contribution in [2.75, 3.05) is 33.9 Å². The van der Waals surface area contributed by atoms with Crippen LogP contribution in [0.15, 0.2) is 0 Å². The molecule has 2 unspecified atom stereocenters. The minimum Gasteiger partial charge on any atom is -0.480 e. The second-order valence-corrected chi connectivity index (χ2v) is 6.23. The maximum Gasteiger partial charge on any atom is 0.324 e. The van der Waals surface area contributed by atoms with Gasteiger partial charge in [-0.2, -0.15) is 0 Å². The molecule has 2 fully saturated rings. The normalized spacial score (nSPS) is 31.9. The number of carboxylic acid groups (broad SMARTS) is 1. The lowest BCUT2D eigenvalue weighted by Crippen LogP contribution is -2.53. The second-order valence-electron chi connectivity index (χ2n) is 6.23. The molecule has 2 aliphatic rings. The van der Waals surface area contributed by atoms with Crippen LogP contribution in [0.5, 0.6) is 0 Å². The van der Waals surface area contributed by atoms with E-state index in [2.05, 4.69) is 17.3 Å². The number of ether oxygens (including phenoxy) is 1. The van der Waals surface area contributed by atoms with Gasteiger partial charge in [-0.1, -0.05) is 6.42 Å². The third-order valence-electron chi connectivity index (χ3n) is 5.29. The molecule has 5 heteroatoms. The maximum atomic E-state index is 11.6. The summed E-state index contributed by atoms with van der Waals surface area (Å²) in [5.41, 5.74) is -0.698. The Morgan fingerprint density at radius 2 is 2.10 bits per heavy atom. The van der Waals surface area contributed by atoms with Gasteiger partial charge in [0.05, 0.1) is 0 Å². The van der Waals surface area contributed by atoms with Crippen molar-refractivity contribution in [1.82, 2.24) is 10.2 Å². The van der Waals surface area contributed by atoms with Gasteiger partial charge in [-0.15, -0.1) is 0 Å². The van der Waals surface area contributed by atoms with Crippen molar-refractivity contribution in [3.05, 3.63) is 0 Å². The van der Waals surface area contributed by atoms with E-state index in [1.807, 2.05) is 0 Å². The SMILES string of the molecule is CNC1(C(=O)O)CCCC1CCN(C)C1CCOCC1. The van der Waals surface area contributed by atoms with E-state index in [-0.39, 0.29) is 5.92 Å². The van der Waals surface area contributed by atoms with E-state index < -0.39 is 11.5 Å². The van der Waals surface area contributed by atoms with Crippen LogP contribution in [0.25, 0.3) is 0 Å². The van der Waals surface area contributed by atoms with Crippen LogP contribution in [-0.4, -0.2) is 61.4 Å². The molecule has 1 heterocycles. The molecule has 2 N–H and O–H groups in total. The van der Waals surface area contributed by atoms with Crippen LogP contribution in [0.2, 0.25) is 0 Å². The van der Waals surface area contributed by atoms with Crippen LogP contribution >= 0.6 is 0 Å². The zero-order chi connectivity index (χ0) is 14.6. The van der Waals surface area contributed by atoms with Crippen LogP contribution in [0.1, 0.15) is 38.5 Å². The Labute approximate surface area is 121 Å². The highest BCUT2D eigenvalue weighted by atomic mass is 16.5. The second kappa shape index (κ2) is 6.87. The predicted octanol–water partition coefficient (Wildman–Crippen LogP) is 1.33. The summed E-state index contributed by atoms with van der Waals surface area (Å²) in [5, 5.41) is 12.6. The van der Waals surface area contributed by atoms with Gasteiger partial charge in [0.15, 0.2) is 0 Å². The maximum absolute atomic E-state index is 11.6. The number of nitrogens with one attached hydrogen (secondary N) is 1. The van der Waals surface area contributed by atoms with Gasteiger partial charge in [-0.05, 0) is 58.7 Å². The lowest BCUT2D eigenvalue weighted by atomic mass is 9.84. The summed E-state index contributed by atoms with van der Waals surface area (Å²) < 4.78 is 5.40. The van der Waals surface area contributed by atoms with Crippen molar-refractivity contribution in [1.29, 1.82) is 0 Å². The molecular formula is C15H28N2O3. The van der Waals surface area contributed by atoms with Gasteiger partial charge in [-0.25, -0.2) is 0 Å². The summed E-state index contributed by atoms with van der Waals surface area (Å²) in [6.45, 7) is 2.69. The van der Waals surface area contributed by atoms with E-state index >= 15 is 0 Å². The van der Waals surface area contributed by atoms with Crippen LogP contribution in [0, 0.1) is 5.92 Å². The Balaban J connectivity index is 1.87. The van der Waals surface area contributed by atoms with Crippen molar-refractivity contribution < 1.29 is 14.6 Å². The van der Waals surface area contributed by atoms with Crippen LogP contribution in [0.4, 0.5) is 0 Å². The molecule has 1 aliphatic heterocycles. The van der Waals surface area contributed by atoms with Crippen LogP contribution in [0.3, 0.4) is 0 Å². The third-order valence-corrected chi connectivity index (χ3v) is 5.29. The van der Waals surface area contributed by atoms with Gasteiger partial charge in [-0.3, -0.25) is 4.79 Å². The monoisotopic (exact) mass is 284 g/mol. The lowest BCUT2D eigenvalue weighted by Gasteiger charge is -2.35. The van der Waals surface area contributed by atoms with Gasteiger partial charge >= 0.3 is 5.97 Å². The van der Waals surface area contributed by atoms with E-state index in [1.54, 1.807) is 7.05 Å². The minimum atomic E-state index is -0.698. The van der Waals surface area contributed by atoms with E-state index in [0.717, 1.165) is 58.3 Å². The zero-order valence-electron chi connectivity index (χ0n) is 12.7. The topological polar surface area (TPSA) is 61.8 Å². The Morgan fingerprint density at radius 1 is 1.40 bits per heavy atom. The van der Waals surface area contributed by atoms with Gasteiger partial charge in [0, 0.05) is 19.3 Å². The molecule has 116 valence electrons. The third kappa shape index (κ3) is 3.15. The molecule has 20 heavy (non-hydrogen) atoms. The molecule has 0 aromatic rings. The average molecular weight is 284 g/mol. The van der Waals surface area contributed by atoms with Crippen molar-refractivity contribution >= 4 is 5.97 Å². The molecule has 0 amide bonds. The van der Waals surface area contributed by atoms with Crippen LogP contribution < -0.4 is 5.32 Å². The van der Waals surface area contributed by atoms with E-state index in [0.29, 0.717) is 6.04 Å². The molecule has 2 rings (SSSR count). The highest BCUT2D eigenvalue weighted by molar-refractivity contribution is 5.79. The van der Waals surface area contributed by atoms with E-state index in [9.17, 15) is 9.90 Å². The zero-order valence-corrected chi connectivity index (χ0v) is 12.7. The molecule has 2 atom stereocenters. The van der Waals surface area contributed by atoms with Gasteiger partial charge in [0.2, 0.25) is 0 Å². The summed E-state index contributed by atoms with van der Waals surface area (Å²) in [6.07, 6.45) is 5.94. The highest BCUT2D eigenvalue weighted by Crippen LogP contribution is 2.38. The quantitative estimate of drug-likeness (QED) is 0.770. The average Bonchev–Trinajstić information content (AvgIpc) is 2.90. The van der Waals surface area contributed by atoms with Gasteiger partial charge in [0.1, 0.15) is 5.54 Å². The van der Waals surface area contributed by atoms with Crippen molar-refractivity contribution in [2.24, 2.45) is 5.92 Å². The highest BCUT2D eigenvalue weighted by Gasteiger charge is 2.47. The Hall–Kier alpha value is -0.650. The Morgan fingerprint density at radius 3 is 2.70 bits per heavy atom. The fraction of sp³-hybridized carbons (Fsp3) is 0.933. The molecule has 0 aromatic heterocycles. The standard InChI is InChI=1S/C15H28N2O3/c1-16-15(14(18)19)8-3-4-12(15)5-9-17(2)13-6-10-20-11-7-13/h12-13,16H,3-11H2,1-2H3,(H,18,19). The summed E-state index contributed by atoms with van der Waals surface area (Å²) in [6, 6.07) is 0.596. The molecule has 0 bridgehead atoms. The summed E-state index contributed by atoms with van der Waals surface area (Å²) >= 11 is 0. The Kier molecular flexibility index (Phi) is 5.41. The molecule has 1 saturated heterocycles. The molecule has 0 radical (unpaired) electrons. The molecule has 1 aliphatic carbocycles. The van der Waals surface area contributed by atoms with Gasteiger partial charge < -0.3 is 20.1 Å². The number of likely N-dealkylation sites (N-methyl/N-ethyl adjacent to an activating group) is 1. The molecule has 1 saturated carbocycles. The fourth-order valence-electron chi connectivity index (χ4n) is 3.85. The van der Waals surface area contributed by atoms with Crippen molar-refractivity contribution in [3.63, 3.8) is 0 Å². The number of nitrogens with zero attached hydrogens (tertiary/aromatic N) is 1. The van der Waals surface area contributed by atoms with Crippen molar-refractivity contribution in [2.45, 2.75) is 50.1 Å². The number of carbonyl (C=O) groups is 1. The smallest absolute Gasteiger partial charge is 0.324 e. The molecule has 0 spiro atoms. The van der Waals surface area contributed by atoms with Crippen molar-refractivity contribution in [3.8, 4) is 0 Å². The number of hydrogen-bond donors (Lipinski definition) is 2. The first-order chi connectivity index (χ1) is 9.60. The summed E-state index contributed by atoms with van der Waals surface area (Å²) in [4.78, 5) is 14.0. The number of carboxylic acids is 1. The first-order valence-corrected chi connectivity index (χ1v) is 7.80. The lowest BCUT2D eigenvalue weighted by molar-refractivity contribution is -0.146. The largest absolute Gasteiger partial charge is 0.480 e. The van der Waals surface area contributed by atoms with E-state index in [4.69, 9.17) is 4.74 Å². The predicted molar refractivity (Wildman–Crippen MR) is 77.9 cm³/mol. The summed E-state index contributed by atoms with van der Waals surface area (Å²) in [7, 11) is 3.95. The Bertz CT molecular complexity index is 331. The number of hydrogen-bond acceptors (Lipinski definition) is 4. The van der Waals surface area contributed by atoms with Crippen LogP contribution in [-0.2, 0) is 9.53 Å². The number of aliphatic carboxylic acids is 1. The summed E-state index contributed by atoms with van der Waals surface area (Å²) in [5.74, 6) is -0.441. The van der Waals surface area contributed by atoms with E-state index in [1.165, 1.54) is 0 Å². The fourth-order valence-corrected chi connectivity index (χ4v) is 3.85. The minimum absolute atomic E-state index is 0.243. The molecular weight excluding hydrogens is 256 g/mol.